The zero-order valence-electron chi connectivity index (χ0n) is 9.73. The summed E-state index contributed by atoms with van der Waals surface area (Å²) in [7, 11) is 0. The van der Waals surface area contributed by atoms with Crippen molar-refractivity contribution in [1.29, 1.82) is 0 Å². The molecule has 0 radical (unpaired) electrons. The van der Waals surface area contributed by atoms with E-state index in [9.17, 15) is 4.79 Å². The molecule has 5 heteroatoms. The van der Waals surface area contributed by atoms with Crippen molar-refractivity contribution in [3.8, 4) is 10.6 Å². The Balaban J connectivity index is 2.40. The van der Waals surface area contributed by atoms with Gasteiger partial charge in [-0.15, -0.1) is 11.3 Å². The molecule has 0 aliphatic heterocycles. The lowest BCUT2D eigenvalue weighted by Crippen LogP contribution is -2.06. The van der Waals surface area contributed by atoms with Crippen LogP contribution in [0.2, 0.25) is 0 Å². The maximum absolute atomic E-state index is 11.7. The summed E-state index contributed by atoms with van der Waals surface area (Å²) in [4.78, 5) is 16.6. The Bertz CT molecular complexity index is 515. The molecule has 90 valence electrons. The van der Waals surface area contributed by atoms with E-state index >= 15 is 0 Å². The molecule has 0 spiro atoms. The molecular weight excluding hydrogens is 238 g/mol. The molecule has 0 unspecified atom stereocenters. The molecule has 2 aromatic rings. The predicted octanol–water partition coefficient (Wildman–Crippen LogP) is 3.14. The number of rotatable bonds is 4. The Morgan fingerprint density at radius 3 is 3.06 bits per heavy atom. The van der Waals surface area contributed by atoms with Crippen LogP contribution in [0.5, 0.6) is 0 Å². The van der Waals surface area contributed by atoms with Crippen molar-refractivity contribution in [3.05, 3.63) is 29.1 Å². The van der Waals surface area contributed by atoms with Crippen LogP contribution < -0.4 is 0 Å². The maximum Gasteiger partial charge on any atom is 0.361 e. The molecule has 0 saturated carbocycles. The number of carbonyl (C=O) groups excluding carboxylic acids is 1. The van der Waals surface area contributed by atoms with Gasteiger partial charge in [0.2, 0.25) is 0 Å². The van der Waals surface area contributed by atoms with Gasteiger partial charge in [-0.25, -0.2) is 9.78 Å². The molecule has 2 aromatic heterocycles. The molecule has 0 amide bonds. The standard InChI is InChI=1S/C12H13NO3S/c1-3-8-5-6-17-11(8)10-9(13-7-16-10)12(14)15-4-2/h5-7H,3-4H2,1-2H3. The second-order valence-electron chi connectivity index (χ2n) is 3.38. The SMILES string of the molecule is CCOC(=O)c1ncoc1-c1sccc1CC. The molecule has 0 aromatic carbocycles. The summed E-state index contributed by atoms with van der Waals surface area (Å²) in [6.45, 7) is 4.16. The summed E-state index contributed by atoms with van der Waals surface area (Å²) < 4.78 is 10.3. The Labute approximate surface area is 103 Å². The van der Waals surface area contributed by atoms with Gasteiger partial charge in [-0.1, -0.05) is 6.92 Å². The fourth-order valence-electron chi connectivity index (χ4n) is 1.57. The van der Waals surface area contributed by atoms with Gasteiger partial charge < -0.3 is 9.15 Å². The molecule has 0 N–H and O–H groups in total. The van der Waals surface area contributed by atoms with E-state index < -0.39 is 5.97 Å². The highest BCUT2D eigenvalue weighted by Gasteiger charge is 2.21. The summed E-state index contributed by atoms with van der Waals surface area (Å²) in [5.74, 6) is 0.0713. The molecule has 0 atom stereocenters. The first-order valence-electron chi connectivity index (χ1n) is 5.45. The number of carbonyl (C=O) groups is 1. The minimum Gasteiger partial charge on any atom is -0.461 e. The molecule has 2 rings (SSSR count). The van der Waals surface area contributed by atoms with Crippen molar-refractivity contribution in [2.75, 3.05) is 6.61 Å². The first kappa shape index (κ1) is 11.9. The van der Waals surface area contributed by atoms with Gasteiger partial charge in [-0.05, 0) is 30.4 Å². The summed E-state index contributed by atoms with van der Waals surface area (Å²) in [6, 6.07) is 2.03. The average molecular weight is 251 g/mol. The lowest BCUT2D eigenvalue weighted by atomic mass is 10.1. The topological polar surface area (TPSA) is 52.3 Å². The highest BCUT2D eigenvalue weighted by atomic mass is 32.1. The third-order valence-corrected chi connectivity index (χ3v) is 3.33. The molecule has 0 saturated heterocycles. The number of thiophene rings is 1. The fourth-order valence-corrected chi connectivity index (χ4v) is 2.55. The third-order valence-electron chi connectivity index (χ3n) is 2.37. The Hall–Kier alpha value is -1.62. The van der Waals surface area contributed by atoms with Crippen LogP contribution in [0.4, 0.5) is 0 Å². The minimum atomic E-state index is -0.438. The number of nitrogens with zero attached hydrogens (tertiary/aromatic N) is 1. The largest absolute Gasteiger partial charge is 0.461 e. The zero-order chi connectivity index (χ0) is 12.3. The zero-order valence-corrected chi connectivity index (χ0v) is 10.5. The first-order chi connectivity index (χ1) is 8.27. The average Bonchev–Trinajstić information content (AvgIpc) is 2.97. The molecular formula is C12H13NO3S. The molecule has 0 aliphatic carbocycles. The van der Waals surface area contributed by atoms with Gasteiger partial charge in [0.25, 0.3) is 0 Å². The van der Waals surface area contributed by atoms with Crippen molar-refractivity contribution >= 4 is 17.3 Å². The third kappa shape index (κ3) is 2.24. The highest BCUT2D eigenvalue weighted by molar-refractivity contribution is 7.13. The number of hydrogen-bond acceptors (Lipinski definition) is 5. The quantitative estimate of drug-likeness (QED) is 0.783. The van der Waals surface area contributed by atoms with Crippen LogP contribution in [0.3, 0.4) is 0 Å². The lowest BCUT2D eigenvalue weighted by molar-refractivity contribution is 0.0520. The van der Waals surface area contributed by atoms with Crippen molar-refractivity contribution in [2.24, 2.45) is 0 Å². The number of oxazole rings is 1. The van der Waals surface area contributed by atoms with Crippen molar-refractivity contribution < 1.29 is 13.9 Å². The molecule has 0 fully saturated rings. The predicted molar refractivity (Wildman–Crippen MR) is 65.2 cm³/mol. The lowest BCUT2D eigenvalue weighted by Gasteiger charge is -2.01. The van der Waals surface area contributed by atoms with Gasteiger partial charge >= 0.3 is 5.97 Å². The summed E-state index contributed by atoms with van der Waals surface area (Å²) in [5.41, 5.74) is 1.40. The normalized spacial score (nSPS) is 10.5. The minimum absolute atomic E-state index is 0.254. The number of hydrogen-bond donors (Lipinski definition) is 0. The highest BCUT2D eigenvalue weighted by Crippen LogP contribution is 2.32. The van der Waals surface area contributed by atoms with E-state index in [1.54, 1.807) is 6.92 Å². The Kier molecular flexibility index (Phi) is 3.58. The molecule has 0 aliphatic rings. The van der Waals surface area contributed by atoms with Crippen LogP contribution in [0.15, 0.2) is 22.3 Å². The van der Waals surface area contributed by atoms with Gasteiger partial charge in [0.15, 0.2) is 17.8 Å². The van der Waals surface area contributed by atoms with E-state index in [0.29, 0.717) is 12.4 Å². The van der Waals surface area contributed by atoms with E-state index in [4.69, 9.17) is 9.15 Å². The van der Waals surface area contributed by atoms with Crippen LogP contribution in [-0.4, -0.2) is 17.6 Å². The Morgan fingerprint density at radius 2 is 2.35 bits per heavy atom. The van der Waals surface area contributed by atoms with Crippen molar-refractivity contribution in [2.45, 2.75) is 20.3 Å². The van der Waals surface area contributed by atoms with Gasteiger partial charge in [0.1, 0.15) is 0 Å². The van der Waals surface area contributed by atoms with E-state index in [1.807, 2.05) is 11.4 Å². The van der Waals surface area contributed by atoms with Gasteiger partial charge in [-0.3, -0.25) is 0 Å². The Morgan fingerprint density at radius 1 is 1.53 bits per heavy atom. The van der Waals surface area contributed by atoms with Crippen LogP contribution in [0.25, 0.3) is 10.6 Å². The fraction of sp³-hybridized carbons (Fsp3) is 0.333. The number of ether oxygens (including phenoxy) is 1. The maximum atomic E-state index is 11.7. The number of aryl methyl sites for hydroxylation is 1. The first-order valence-corrected chi connectivity index (χ1v) is 6.33. The molecule has 2 heterocycles. The van der Waals surface area contributed by atoms with Crippen molar-refractivity contribution in [1.82, 2.24) is 4.98 Å². The summed E-state index contributed by atoms with van der Waals surface area (Å²) >= 11 is 1.54. The van der Waals surface area contributed by atoms with Gasteiger partial charge in [0.05, 0.1) is 11.5 Å². The monoisotopic (exact) mass is 251 g/mol. The van der Waals surface area contributed by atoms with E-state index in [1.165, 1.54) is 17.7 Å². The second kappa shape index (κ2) is 5.14. The van der Waals surface area contributed by atoms with Gasteiger partial charge in [0, 0.05) is 0 Å². The second-order valence-corrected chi connectivity index (χ2v) is 4.30. The summed E-state index contributed by atoms with van der Waals surface area (Å²) in [5, 5.41) is 1.98. The van der Waals surface area contributed by atoms with E-state index in [-0.39, 0.29) is 5.69 Å². The summed E-state index contributed by atoms with van der Waals surface area (Å²) in [6.07, 6.45) is 2.17. The number of aromatic nitrogens is 1. The molecule has 4 nitrogen and oxygen atoms in total. The van der Waals surface area contributed by atoms with Gasteiger partial charge in [-0.2, -0.15) is 0 Å². The van der Waals surface area contributed by atoms with Crippen LogP contribution in [-0.2, 0) is 11.2 Å². The van der Waals surface area contributed by atoms with E-state index in [0.717, 1.165) is 16.9 Å². The molecule has 0 bridgehead atoms. The van der Waals surface area contributed by atoms with Crippen molar-refractivity contribution in [3.63, 3.8) is 0 Å². The van der Waals surface area contributed by atoms with Crippen LogP contribution >= 0.6 is 11.3 Å². The van der Waals surface area contributed by atoms with Crippen LogP contribution in [0.1, 0.15) is 29.9 Å². The van der Waals surface area contributed by atoms with Crippen LogP contribution in [0, 0.1) is 0 Å². The molecule has 17 heavy (non-hydrogen) atoms. The van der Waals surface area contributed by atoms with E-state index in [2.05, 4.69) is 11.9 Å². The number of esters is 1. The smallest absolute Gasteiger partial charge is 0.361 e.